The Morgan fingerprint density at radius 3 is 3.00 bits per heavy atom. The van der Waals surface area contributed by atoms with E-state index < -0.39 is 0 Å². The van der Waals surface area contributed by atoms with E-state index in [0.717, 1.165) is 16.5 Å². The zero-order chi connectivity index (χ0) is 12.3. The van der Waals surface area contributed by atoms with Gasteiger partial charge in [0.15, 0.2) is 5.78 Å². The lowest BCUT2D eigenvalue weighted by atomic mass is 10.0. The molecule has 0 fully saturated rings. The summed E-state index contributed by atoms with van der Waals surface area (Å²) in [5, 5.41) is 0.989. The molecule has 0 N–H and O–H groups in total. The molecule has 3 heteroatoms. The number of fused-ring (bicyclic) bond motifs is 1. The van der Waals surface area contributed by atoms with Crippen molar-refractivity contribution in [1.82, 2.24) is 4.98 Å². The Balaban J connectivity index is 2.27. The van der Waals surface area contributed by atoms with Gasteiger partial charge in [0.25, 0.3) is 0 Å². The lowest BCUT2D eigenvalue weighted by Gasteiger charge is -2.08. The molecule has 0 aliphatic carbocycles. The van der Waals surface area contributed by atoms with Crippen molar-refractivity contribution in [3.63, 3.8) is 0 Å². The molecule has 1 unspecified atom stereocenters. The smallest absolute Gasteiger partial charge is 0.165 e. The van der Waals surface area contributed by atoms with E-state index in [1.165, 1.54) is 0 Å². The summed E-state index contributed by atoms with van der Waals surface area (Å²) in [6, 6.07) is 9.40. The van der Waals surface area contributed by atoms with Gasteiger partial charge in [-0.25, -0.2) is 0 Å². The summed E-state index contributed by atoms with van der Waals surface area (Å²) >= 11 is 0. The highest BCUT2D eigenvalue weighted by Crippen LogP contribution is 2.15. The average Bonchev–Trinajstić information content (AvgIpc) is 2.38. The number of hydrogen-bond donors (Lipinski definition) is 0. The number of carbonyl (C=O) groups excluding carboxylic acids is 1. The summed E-state index contributed by atoms with van der Waals surface area (Å²) in [6.07, 6.45) is 2.10. The molecule has 2 rings (SSSR count). The van der Waals surface area contributed by atoms with Crippen LogP contribution in [0.5, 0.6) is 0 Å². The monoisotopic (exact) mass is 229 g/mol. The number of methoxy groups -OCH3 is 1. The van der Waals surface area contributed by atoms with Crippen molar-refractivity contribution in [3.05, 3.63) is 42.1 Å². The van der Waals surface area contributed by atoms with E-state index in [1.54, 1.807) is 13.3 Å². The van der Waals surface area contributed by atoms with Crippen molar-refractivity contribution < 1.29 is 9.53 Å². The molecule has 1 aromatic carbocycles. The fourth-order valence-corrected chi connectivity index (χ4v) is 1.71. The summed E-state index contributed by atoms with van der Waals surface area (Å²) in [6.45, 7) is 1.89. The van der Waals surface area contributed by atoms with Crippen LogP contribution in [0.15, 0.2) is 36.5 Å². The van der Waals surface area contributed by atoms with Crippen LogP contribution < -0.4 is 0 Å². The van der Waals surface area contributed by atoms with E-state index >= 15 is 0 Å². The molecule has 0 saturated carbocycles. The van der Waals surface area contributed by atoms with Crippen molar-refractivity contribution >= 4 is 16.7 Å². The van der Waals surface area contributed by atoms with Crippen LogP contribution in [-0.4, -0.2) is 24.0 Å². The highest BCUT2D eigenvalue weighted by Gasteiger charge is 2.11. The third kappa shape index (κ3) is 2.68. The number of rotatable bonds is 4. The molecular weight excluding hydrogens is 214 g/mol. The Kier molecular flexibility index (Phi) is 3.49. The lowest BCUT2D eigenvalue weighted by Crippen LogP contribution is -2.12. The van der Waals surface area contributed by atoms with E-state index in [9.17, 15) is 4.79 Å². The van der Waals surface area contributed by atoms with Gasteiger partial charge in [0.2, 0.25) is 0 Å². The van der Waals surface area contributed by atoms with Crippen LogP contribution in [0, 0.1) is 0 Å². The van der Waals surface area contributed by atoms with E-state index in [-0.39, 0.29) is 11.9 Å². The maximum absolute atomic E-state index is 12.0. The van der Waals surface area contributed by atoms with Gasteiger partial charge < -0.3 is 4.74 Å². The highest BCUT2D eigenvalue weighted by atomic mass is 16.5. The average molecular weight is 229 g/mol. The number of aromatic nitrogens is 1. The number of nitrogens with zero attached hydrogens (tertiary/aromatic N) is 1. The number of ketones is 1. The van der Waals surface area contributed by atoms with Crippen LogP contribution in [0.2, 0.25) is 0 Å². The predicted octanol–water partition coefficient (Wildman–Crippen LogP) is 2.84. The normalized spacial score (nSPS) is 12.6. The first kappa shape index (κ1) is 11.7. The SMILES string of the molecule is COC(C)CC(=O)c1ccc2ncccc2c1. The number of carbonyl (C=O) groups is 1. The zero-order valence-corrected chi connectivity index (χ0v) is 10.0. The second-order valence-corrected chi connectivity index (χ2v) is 4.08. The second-order valence-electron chi connectivity index (χ2n) is 4.08. The minimum Gasteiger partial charge on any atom is -0.381 e. The molecule has 0 amide bonds. The van der Waals surface area contributed by atoms with Crippen LogP contribution in [0.25, 0.3) is 10.9 Å². The number of hydrogen-bond acceptors (Lipinski definition) is 3. The highest BCUT2D eigenvalue weighted by molar-refractivity contribution is 5.99. The fourth-order valence-electron chi connectivity index (χ4n) is 1.71. The topological polar surface area (TPSA) is 39.2 Å². The van der Waals surface area contributed by atoms with Gasteiger partial charge in [-0.3, -0.25) is 9.78 Å². The minimum atomic E-state index is -0.0490. The zero-order valence-electron chi connectivity index (χ0n) is 10.0. The first-order chi connectivity index (χ1) is 8.20. The van der Waals surface area contributed by atoms with Crippen LogP contribution in [0.1, 0.15) is 23.7 Å². The molecule has 0 saturated heterocycles. The van der Waals surface area contributed by atoms with Crippen LogP contribution in [0.3, 0.4) is 0 Å². The molecule has 0 spiro atoms. The van der Waals surface area contributed by atoms with Crippen molar-refractivity contribution in [2.75, 3.05) is 7.11 Å². The molecule has 0 aliphatic rings. The van der Waals surface area contributed by atoms with Crippen molar-refractivity contribution in [2.24, 2.45) is 0 Å². The summed E-state index contributed by atoms with van der Waals surface area (Å²) < 4.78 is 5.10. The van der Waals surface area contributed by atoms with E-state index in [0.29, 0.717) is 6.42 Å². The van der Waals surface area contributed by atoms with Gasteiger partial charge in [0, 0.05) is 30.7 Å². The van der Waals surface area contributed by atoms with Gasteiger partial charge in [0.05, 0.1) is 11.6 Å². The van der Waals surface area contributed by atoms with Gasteiger partial charge in [-0.1, -0.05) is 6.07 Å². The largest absolute Gasteiger partial charge is 0.381 e. The van der Waals surface area contributed by atoms with Crippen molar-refractivity contribution in [3.8, 4) is 0 Å². The molecule has 88 valence electrons. The molecule has 1 aromatic heterocycles. The molecule has 17 heavy (non-hydrogen) atoms. The molecule has 0 bridgehead atoms. The number of ether oxygens (including phenoxy) is 1. The van der Waals surface area contributed by atoms with Gasteiger partial charge in [0.1, 0.15) is 0 Å². The third-order valence-electron chi connectivity index (χ3n) is 2.80. The summed E-state index contributed by atoms with van der Waals surface area (Å²) in [4.78, 5) is 16.2. The first-order valence-corrected chi connectivity index (χ1v) is 5.61. The molecule has 1 atom stereocenters. The third-order valence-corrected chi connectivity index (χ3v) is 2.80. The number of pyridine rings is 1. The van der Waals surface area contributed by atoms with Crippen LogP contribution >= 0.6 is 0 Å². The molecule has 0 aliphatic heterocycles. The Morgan fingerprint density at radius 2 is 2.24 bits per heavy atom. The molecular formula is C14H15NO2. The number of benzene rings is 1. The summed E-state index contributed by atoms with van der Waals surface area (Å²) in [7, 11) is 1.61. The van der Waals surface area contributed by atoms with E-state index in [2.05, 4.69) is 4.98 Å². The Labute approximate surface area is 100 Å². The molecule has 2 aromatic rings. The van der Waals surface area contributed by atoms with E-state index in [1.807, 2.05) is 37.3 Å². The summed E-state index contributed by atoms with van der Waals surface area (Å²) in [5.41, 5.74) is 1.62. The maximum Gasteiger partial charge on any atom is 0.165 e. The summed E-state index contributed by atoms with van der Waals surface area (Å²) in [5.74, 6) is 0.102. The van der Waals surface area contributed by atoms with Gasteiger partial charge in [-0.2, -0.15) is 0 Å². The minimum absolute atomic E-state index is 0.0490. The lowest BCUT2D eigenvalue weighted by molar-refractivity contribution is 0.0792. The molecule has 0 radical (unpaired) electrons. The van der Waals surface area contributed by atoms with Gasteiger partial charge >= 0.3 is 0 Å². The van der Waals surface area contributed by atoms with Crippen molar-refractivity contribution in [1.29, 1.82) is 0 Å². The second kappa shape index (κ2) is 5.06. The van der Waals surface area contributed by atoms with Crippen molar-refractivity contribution in [2.45, 2.75) is 19.4 Å². The standard InChI is InChI=1S/C14H15NO2/c1-10(17-2)8-14(16)12-5-6-13-11(9-12)4-3-7-15-13/h3-7,9-10H,8H2,1-2H3. The quantitative estimate of drug-likeness (QED) is 0.757. The van der Waals surface area contributed by atoms with Crippen LogP contribution in [-0.2, 0) is 4.74 Å². The molecule has 1 heterocycles. The Morgan fingerprint density at radius 1 is 1.41 bits per heavy atom. The molecule has 3 nitrogen and oxygen atoms in total. The van der Waals surface area contributed by atoms with Gasteiger partial charge in [-0.05, 0) is 31.2 Å². The Hall–Kier alpha value is -1.74. The Bertz CT molecular complexity index is 536. The van der Waals surface area contributed by atoms with Crippen LogP contribution in [0.4, 0.5) is 0 Å². The number of Topliss-reactive ketones (excluding diaryl/α,β-unsaturated/α-hetero) is 1. The predicted molar refractivity (Wildman–Crippen MR) is 67.2 cm³/mol. The van der Waals surface area contributed by atoms with Gasteiger partial charge in [-0.15, -0.1) is 0 Å². The first-order valence-electron chi connectivity index (χ1n) is 5.61. The fraction of sp³-hybridized carbons (Fsp3) is 0.286. The maximum atomic E-state index is 12.0. The van der Waals surface area contributed by atoms with E-state index in [4.69, 9.17) is 4.74 Å².